The minimum atomic E-state index is -0.150. The highest BCUT2D eigenvalue weighted by Crippen LogP contribution is 2.21. The molecule has 0 aliphatic carbocycles. The Morgan fingerprint density at radius 2 is 1.88 bits per heavy atom. The number of amides is 2. The Morgan fingerprint density at radius 1 is 1.16 bits per heavy atom. The van der Waals surface area contributed by atoms with E-state index in [1.807, 2.05) is 40.7 Å². The van der Waals surface area contributed by atoms with Gasteiger partial charge in [0.1, 0.15) is 0 Å². The highest BCUT2D eigenvalue weighted by atomic mass is 16.2. The zero-order valence-corrected chi connectivity index (χ0v) is 14.8. The van der Waals surface area contributed by atoms with Crippen molar-refractivity contribution < 1.29 is 9.59 Å². The minimum absolute atomic E-state index is 0.0615. The maximum Gasteiger partial charge on any atom is 0.240 e. The van der Waals surface area contributed by atoms with Gasteiger partial charge in [-0.2, -0.15) is 5.26 Å². The molecule has 25 heavy (non-hydrogen) atoms. The van der Waals surface area contributed by atoms with E-state index in [0.29, 0.717) is 25.2 Å². The first kappa shape index (κ1) is 17.4. The Balaban J connectivity index is 1.58. The van der Waals surface area contributed by atoms with Crippen LogP contribution in [0.25, 0.3) is 0 Å². The van der Waals surface area contributed by atoms with E-state index in [1.165, 1.54) is 0 Å². The lowest BCUT2D eigenvalue weighted by Crippen LogP contribution is -2.55. The first-order valence-electron chi connectivity index (χ1n) is 8.81. The average Bonchev–Trinajstić information content (AvgIpc) is 2.99. The summed E-state index contributed by atoms with van der Waals surface area (Å²) in [4.78, 5) is 30.8. The van der Waals surface area contributed by atoms with E-state index >= 15 is 0 Å². The molecule has 2 amide bonds. The molecule has 6 nitrogen and oxygen atoms in total. The molecule has 2 fully saturated rings. The summed E-state index contributed by atoms with van der Waals surface area (Å²) in [6, 6.07) is 9.48. The van der Waals surface area contributed by atoms with Gasteiger partial charge in [-0.1, -0.05) is 12.1 Å². The number of benzene rings is 1. The van der Waals surface area contributed by atoms with Crippen molar-refractivity contribution in [2.45, 2.75) is 38.9 Å². The molecule has 3 rings (SSSR count). The van der Waals surface area contributed by atoms with Gasteiger partial charge in [0.25, 0.3) is 0 Å². The Kier molecular flexibility index (Phi) is 5.05. The lowest BCUT2D eigenvalue weighted by molar-refractivity contribution is -0.141. The zero-order chi connectivity index (χ0) is 18.0. The number of piperazine rings is 1. The van der Waals surface area contributed by atoms with Gasteiger partial charge in [0.15, 0.2) is 0 Å². The van der Waals surface area contributed by atoms with Crippen LogP contribution in [0.2, 0.25) is 0 Å². The van der Waals surface area contributed by atoms with Crippen LogP contribution in [-0.4, -0.2) is 64.8 Å². The quantitative estimate of drug-likeness (QED) is 0.826. The molecule has 132 valence electrons. The number of carbonyl (C=O) groups is 2. The summed E-state index contributed by atoms with van der Waals surface area (Å²) in [7, 11) is 0. The Labute approximate surface area is 148 Å². The fourth-order valence-corrected chi connectivity index (χ4v) is 3.60. The molecule has 0 bridgehead atoms. The predicted octanol–water partition coefficient (Wildman–Crippen LogP) is 1.21. The van der Waals surface area contributed by atoms with Crippen molar-refractivity contribution in [2.75, 3.05) is 26.2 Å². The van der Waals surface area contributed by atoms with Crippen molar-refractivity contribution in [3.8, 4) is 6.07 Å². The maximum absolute atomic E-state index is 12.5. The standard InChI is InChI=1S/C19H24N4O2/c1-14(2)23-8-7-17(19(23)25)21-9-10-22(18(24)13-21)12-16-5-3-15(11-20)4-6-16/h3-6,14,17H,7-10,12-13H2,1-2H3. The molecule has 1 atom stereocenters. The Hall–Kier alpha value is -2.39. The van der Waals surface area contributed by atoms with Crippen LogP contribution < -0.4 is 0 Å². The predicted molar refractivity (Wildman–Crippen MR) is 93.4 cm³/mol. The van der Waals surface area contributed by atoms with Gasteiger partial charge >= 0.3 is 0 Å². The van der Waals surface area contributed by atoms with Crippen molar-refractivity contribution in [2.24, 2.45) is 0 Å². The van der Waals surface area contributed by atoms with Crippen molar-refractivity contribution in [1.82, 2.24) is 14.7 Å². The number of likely N-dealkylation sites (tertiary alicyclic amines) is 1. The van der Waals surface area contributed by atoms with Crippen LogP contribution in [0, 0.1) is 11.3 Å². The minimum Gasteiger partial charge on any atom is -0.339 e. The smallest absolute Gasteiger partial charge is 0.240 e. The third kappa shape index (κ3) is 3.67. The van der Waals surface area contributed by atoms with Crippen LogP contribution >= 0.6 is 0 Å². The number of rotatable bonds is 4. The maximum atomic E-state index is 12.5. The van der Waals surface area contributed by atoms with E-state index in [9.17, 15) is 9.59 Å². The zero-order valence-electron chi connectivity index (χ0n) is 14.8. The van der Waals surface area contributed by atoms with E-state index < -0.39 is 0 Å². The lowest BCUT2D eigenvalue weighted by Gasteiger charge is -2.37. The highest BCUT2D eigenvalue weighted by molar-refractivity contribution is 5.86. The molecular formula is C19H24N4O2. The van der Waals surface area contributed by atoms with Gasteiger partial charge in [-0.15, -0.1) is 0 Å². The molecular weight excluding hydrogens is 316 g/mol. The van der Waals surface area contributed by atoms with E-state index in [2.05, 4.69) is 6.07 Å². The third-order valence-electron chi connectivity index (χ3n) is 5.08. The normalized spacial score (nSPS) is 21.9. The van der Waals surface area contributed by atoms with Crippen molar-refractivity contribution in [1.29, 1.82) is 5.26 Å². The van der Waals surface area contributed by atoms with Crippen LogP contribution in [0.3, 0.4) is 0 Å². The fraction of sp³-hybridized carbons (Fsp3) is 0.526. The second-order valence-electron chi connectivity index (χ2n) is 7.02. The molecule has 2 aliphatic rings. The molecule has 1 aromatic carbocycles. The van der Waals surface area contributed by atoms with Crippen LogP contribution in [0.15, 0.2) is 24.3 Å². The SMILES string of the molecule is CC(C)N1CCC(N2CCN(Cc3ccc(C#N)cc3)C(=O)C2)C1=O. The van der Waals surface area contributed by atoms with Gasteiger partial charge < -0.3 is 9.80 Å². The van der Waals surface area contributed by atoms with E-state index in [1.54, 1.807) is 12.1 Å². The molecule has 0 spiro atoms. The summed E-state index contributed by atoms with van der Waals surface area (Å²) >= 11 is 0. The van der Waals surface area contributed by atoms with Gasteiger partial charge in [-0.3, -0.25) is 14.5 Å². The van der Waals surface area contributed by atoms with Crippen LogP contribution in [0.1, 0.15) is 31.4 Å². The first-order valence-corrected chi connectivity index (χ1v) is 8.81. The van der Waals surface area contributed by atoms with Crippen molar-refractivity contribution >= 4 is 11.8 Å². The monoisotopic (exact) mass is 340 g/mol. The summed E-state index contributed by atoms with van der Waals surface area (Å²) in [5.41, 5.74) is 1.64. The van der Waals surface area contributed by atoms with Gasteiger partial charge in [-0.25, -0.2) is 0 Å². The molecule has 2 aliphatic heterocycles. The van der Waals surface area contributed by atoms with Gasteiger partial charge in [0.2, 0.25) is 11.8 Å². The number of nitrogens with zero attached hydrogens (tertiary/aromatic N) is 4. The molecule has 2 saturated heterocycles. The molecule has 2 heterocycles. The largest absolute Gasteiger partial charge is 0.339 e. The molecule has 0 radical (unpaired) electrons. The van der Waals surface area contributed by atoms with Crippen LogP contribution in [-0.2, 0) is 16.1 Å². The number of nitriles is 1. The summed E-state index contributed by atoms with van der Waals surface area (Å²) < 4.78 is 0. The number of hydrogen-bond donors (Lipinski definition) is 0. The summed E-state index contributed by atoms with van der Waals surface area (Å²) in [5, 5.41) is 8.85. The highest BCUT2D eigenvalue weighted by Gasteiger charge is 2.39. The van der Waals surface area contributed by atoms with Crippen molar-refractivity contribution in [3.63, 3.8) is 0 Å². The summed E-state index contributed by atoms with van der Waals surface area (Å²) in [6.45, 7) is 7.05. The average molecular weight is 340 g/mol. The van der Waals surface area contributed by atoms with Crippen LogP contribution in [0.4, 0.5) is 0 Å². The number of carbonyl (C=O) groups excluding carboxylic acids is 2. The molecule has 0 N–H and O–H groups in total. The third-order valence-corrected chi connectivity index (χ3v) is 5.08. The molecule has 1 aromatic rings. The van der Waals surface area contributed by atoms with Crippen LogP contribution in [0.5, 0.6) is 0 Å². The second kappa shape index (κ2) is 7.24. The van der Waals surface area contributed by atoms with Crippen molar-refractivity contribution in [3.05, 3.63) is 35.4 Å². The first-order chi connectivity index (χ1) is 12.0. The van der Waals surface area contributed by atoms with E-state index in [0.717, 1.165) is 25.1 Å². The van der Waals surface area contributed by atoms with E-state index in [4.69, 9.17) is 5.26 Å². The summed E-state index contributed by atoms with van der Waals surface area (Å²) in [5.74, 6) is 0.217. The topological polar surface area (TPSA) is 67.7 Å². The molecule has 0 saturated carbocycles. The number of hydrogen-bond acceptors (Lipinski definition) is 4. The van der Waals surface area contributed by atoms with Gasteiger partial charge in [0, 0.05) is 32.2 Å². The Morgan fingerprint density at radius 3 is 2.44 bits per heavy atom. The summed E-state index contributed by atoms with van der Waals surface area (Å²) in [6.07, 6.45) is 0.805. The van der Waals surface area contributed by atoms with Gasteiger partial charge in [0.05, 0.1) is 24.2 Å². The van der Waals surface area contributed by atoms with Gasteiger partial charge in [-0.05, 0) is 38.0 Å². The fourth-order valence-electron chi connectivity index (χ4n) is 3.60. The second-order valence-corrected chi connectivity index (χ2v) is 7.02. The molecule has 1 unspecified atom stereocenters. The molecule has 6 heteroatoms. The molecule has 0 aromatic heterocycles. The lowest BCUT2D eigenvalue weighted by atomic mass is 10.1. The van der Waals surface area contributed by atoms with E-state index in [-0.39, 0.29) is 23.9 Å². The Bertz CT molecular complexity index is 692.